The van der Waals surface area contributed by atoms with Gasteiger partial charge in [-0.1, -0.05) is 30.3 Å². The quantitative estimate of drug-likeness (QED) is 0.462. The summed E-state index contributed by atoms with van der Waals surface area (Å²) in [6, 6.07) is 10.1. The number of rotatable bonds is 10. The number of benzene rings is 1. The molecule has 0 aromatic heterocycles. The van der Waals surface area contributed by atoms with Gasteiger partial charge in [0.15, 0.2) is 0 Å². The Hall–Kier alpha value is -0.940. The van der Waals surface area contributed by atoms with Crippen LogP contribution in [-0.4, -0.2) is 40.3 Å². The van der Waals surface area contributed by atoms with E-state index in [-0.39, 0.29) is 6.79 Å². The number of ether oxygens (including phenoxy) is 4. The van der Waals surface area contributed by atoms with Crippen LogP contribution in [0.4, 0.5) is 0 Å². The van der Waals surface area contributed by atoms with Gasteiger partial charge in [-0.3, -0.25) is 0 Å². The number of hydrogen-bond donors (Lipinski definition) is 0. The molecule has 0 saturated heterocycles. The first kappa shape index (κ1) is 14.1. The van der Waals surface area contributed by atoms with E-state index in [0.29, 0.717) is 33.0 Å². The van der Waals surface area contributed by atoms with Gasteiger partial charge in [0.2, 0.25) is 0 Å². The van der Waals surface area contributed by atoms with Gasteiger partial charge in [0.1, 0.15) is 6.79 Å². The van der Waals surface area contributed by atoms with Crippen LogP contribution in [0.1, 0.15) is 5.56 Å². The van der Waals surface area contributed by atoms with E-state index < -0.39 is 0 Å². The predicted octanol–water partition coefficient (Wildman–Crippen LogP) is 1.84. The van der Waals surface area contributed by atoms with E-state index in [1.54, 1.807) is 7.11 Å². The van der Waals surface area contributed by atoms with Gasteiger partial charge in [0.25, 0.3) is 0 Å². The Balaban J connectivity index is 1.85. The van der Waals surface area contributed by atoms with Crippen LogP contribution in [0.3, 0.4) is 0 Å². The van der Waals surface area contributed by atoms with E-state index in [9.17, 15) is 0 Å². The zero-order chi connectivity index (χ0) is 12.2. The van der Waals surface area contributed by atoms with Crippen molar-refractivity contribution in [1.82, 2.24) is 0 Å². The van der Waals surface area contributed by atoms with Crippen LogP contribution < -0.4 is 0 Å². The second-order valence-electron chi connectivity index (χ2n) is 3.47. The first-order valence-corrected chi connectivity index (χ1v) is 5.69. The standard InChI is InChI=1S/C13H20O4/c1-14-7-8-16-12-17-10-9-15-11-13-5-3-2-4-6-13/h2-6H,7-12H2,1H3. The van der Waals surface area contributed by atoms with Gasteiger partial charge in [-0.2, -0.15) is 0 Å². The van der Waals surface area contributed by atoms with Gasteiger partial charge >= 0.3 is 0 Å². The molecule has 0 radical (unpaired) electrons. The van der Waals surface area contributed by atoms with Gasteiger partial charge in [0, 0.05) is 7.11 Å². The largest absolute Gasteiger partial charge is 0.382 e. The average molecular weight is 240 g/mol. The number of hydrogen-bond acceptors (Lipinski definition) is 4. The maximum atomic E-state index is 5.44. The predicted molar refractivity (Wildman–Crippen MR) is 64.7 cm³/mol. The molecule has 96 valence electrons. The van der Waals surface area contributed by atoms with E-state index in [1.807, 2.05) is 30.3 Å². The van der Waals surface area contributed by atoms with Gasteiger partial charge in [-0.05, 0) is 5.56 Å². The van der Waals surface area contributed by atoms with Crippen molar-refractivity contribution in [2.45, 2.75) is 6.61 Å². The van der Waals surface area contributed by atoms with Crippen LogP contribution in [0.15, 0.2) is 30.3 Å². The third-order valence-electron chi connectivity index (χ3n) is 2.08. The van der Waals surface area contributed by atoms with Crippen molar-refractivity contribution in [3.63, 3.8) is 0 Å². The lowest BCUT2D eigenvalue weighted by Crippen LogP contribution is -2.09. The van der Waals surface area contributed by atoms with Gasteiger partial charge in [-0.15, -0.1) is 0 Å². The van der Waals surface area contributed by atoms with E-state index in [0.717, 1.165) is 0 Å². The van der Waals surface area contributed by atoms with Crippen LogP contribution in [0.2, 0.25) is 0 Å². The van der Waals surface area contributed by atoms with Crippen molar-refractivity contribution in [3.05, 3.63) is 35.9 Å². The Morgan fingerprint density at radius 2 is 1.47 bits per heavy atom. The zero-order valence-electron chi connectivity index (χ0n) is 10.3. The first-order chi connectivity index (χ1) is 8.43. The molecule has 0 heterocycles. The Labute approximate surface area is 102 Å². The second-order valence-corrected chi connectivity index (χ2v) is 3.47. The van der Waals surface area contributed by atoms with Crippen LogP contribution >= 0.6 is 0 Å². The molecule has 0 atom stereocenters. The first-order valence-electron chi connectivity index (χ1n) is 5.69. The van der Waals surface area contributed by atoms with Crippen LogP contribution in [-0.2, 0) is 25.6 Å². The highest BCUT2D eigenvalue weighted by molar-refractivity contribution is 5.13. The average Bonchev–Trinajstić information content (AvgIpc) is 2.38. The van der Waals surface area contributed by atoms with E-state index in [4.69, 9.17) is 18.9 Å². The fourth-order valence-electron chi connectivity index (χ4n) is 1.20. The lowest BCUT2D eigenvalue weighted by molar-refractivity contribution is -0.0797. The molecule has 1 rings (SSSR count). The van der Waals surface area contributed by atoms with Gasteiger partial charge < -0.3 is 18.9 Å². The zero-order valence-corrected chi connectivity index (χ0v) is 10.3. The maximum Gasteiger partial charge on any atom is 0.146 e. The molecule has 1 aromatic rings. The van der Waals surface area contributed by atoms with Gasteiger partial charge in [0.05, 0.1) is 33.0 Å². The van der Waals surface area contributed by atoms with Crippen molar-refractivity contribution < 1.29 is 18.9 Å². The second kappa shape index (κ2) is 10.2. The molecule has 0 aliphatic carbocycles. The molecule has 0 spiro atoms. The fourth-order valence-corrected chi connectivity index (χ4v) is 1.20. The number of methoxy groups -OCH3 is 1. The van der Waals surface area contributed by atoms with Gasteiger partial charge in [-0.25, -0.2) is 0 Å². The van der Waals surface area contributed by atoms with E-state index in [1.165, 1.54) is 5.56 Å². The third-order valence-corrected chi connectivity index (χ3v) is 2.08. The van der Waals surface area contributed by atoms with Crippen LogP contribution in [0.25, 0.3) is 0 Å². The van der Waals surface area contributed by atoms with E-state index in [2.05, 4.69) is 0 Å². The minimum atomic E-state index is 0.290. The highest BCUT2D eigenvalue weighted by atomic mass is 16.7. The van der Waals surface area contributed by atoms with Crippen molar-refractivity contribution in [2.75, 3.05) is 40.3 Å². The Bertz CT molecular complexity index is 263. The minimum Gasteiger partial charge on any atom is -0.382 e. The Morgan fingerprint density at radius 1 is 0.824 bits per heavy atom. The van der Waals surface area contributed by atoms with E-state index >= 15 is 0 Å². The summed E-state index contributed by atoms with van der Waals surface area (Å²) >= 11 is 0. The smallest absolute Gasteiger partial charge is 0.146 e. The molecular formula is C13H20O4. The lowest BCUT2D eigenvalue weighted by atomic mass is 10.2. The lowest BCUT2D eigenvalue weighted by Gasteiger charge is -2.06. The summed E-state index contributed by atoms with van der Waals surface area (Å²) in [7, 11) is 1.64. The Morgan fingerprint density at radius 3 is 2.18 bits per heavy atom. The molecule has 1 aromatic carbocycles. The molecule has 4 heteroatoms. The van der Waals surface area contributed by atoms with Crippen molar-refractivity contribution >= 4 is 0 Å². The summed E-state index contributed by atoms with van der Waals surface area (Å²) in [5.74, 6) is 0. The summed E-state index contributed by atoms with van der Waals surface area (Å²) in [5, 5.41) is 0. The summed E-state index contributed by atoms with van der Waals surface area (Å²) in [6.45, 7) is 3.17. The molecule has 0 amide bonds. The van der Waals surface area contributed by atoms with Crippen molar-refractivity contribution in [3.8, 4) is 0 Å². The summed E-state index contributed by atoms with van der Waals surface area (Å²) in [6.07, 6.45) is 0. The Kier molecular flexibility index (Phi) is 8.50. The molecule has 0 aliphatic rings. The molecule has 0 fully saturated rings. The summed E-state index contributed by atoms with van der Waals surface area (Å²) < 4.78 is 20.6. The molecule has 4 nitrogen and oxygen atoms in total. The molecule has 0 N–H and O–H groups in total. The molecular weight excluding hydrogens is 220 g/mol. The topological polar surface area (TPSA) is 36.9 Å². The van der Waals surface area contributed by atoms with Crippen LogP contribution in [0, 0.1) is 0 Å². The molecule has 17 heavy (non-hydrogen) atoms. The highest BCUT2D eigenvalue weighted by Crippen LogP contribution is 1.99. The molecule has 0 unspecified atom stereocenters. The van der Waals surface area contributed by atoms with Crippen molar-refractivity contribution in [2.24, 2.45) is 0 Å². The highest BCUT2D eigenvalue weighted by Gasteiger charge is 1.92. The monoisotopic (exact) mass is 240 g/mol. The SMILES string of the molecule is COCCOCOCCOCc1ccccc1. The minimum absolute atomic E-state index is 0.290. The van der Waals surface area contributed by atoms with Crippen LogP contribution in [0.5, 0.6) is 0 Å². The summed E-state index contributed by atoms with van der Waals surface area (Å²) in [5.41, 5.74) is 1.17. The third kappa shape index (κ3) is 7.88. The van der Waals surface area contributed by atoms with Crippen molar-refractivity contribution in [1.29, 1.82) is 0 Å². The molecule has 0 bridgehead atoms. The molecule has 0 saturated carbocycles. The normalized spacial score (nSPS) is 10.6. The summed E-state index contributed by atoms with van der Waals surface area (Å²) in [4.78, 5) is 0. The fraction of sp³-hybridized carbons (Fsp3) is 0.538. The maximum absolute atomic E-state index is 5.44. The molecule has 0 aliphatic heterocycles.